The first-order chi connectivity index (χ1) is 11.3. The Morgan fingerprint density at radius 3 is 2.67 bits per heavy atom. The molecule has 0 saturated heterocycles. The topological polar surface area (TPSA) is 108 Å². The summed E-state index contributed by atoms with van der Waals surface area (Å²) in [5.41, 5.74) is 15.8. The van der Waals surface area contributed by atoms with Gasteiger partial charge >= 0.3 is 0 Å². The van der Waals surface area contributed by atoms with Gasteiger partial charge in [-0.1, -0.05) is 18.2 Å². The monoisotopic (exact) mass is 332 g/mol. The molecule has 1 atom stereocenters. The first kappa shape index (κ1) is 18.3. The lowest BCUT2D eigenvalue weighted by Crippen LogP contribution is -2.41. The van der Waals surface area contributed by atoms with Crippen LogP contribution in [0.5, 0.6) is 0 Å². The van der Waals surface area contributed by atoms with E-state index in [4.69, 9.17) is 21.7 Å². The molecule has 0 spiro atoms. The summed E-state index contributed by atoms with van der Waals surface area (Å²) < 4.78 is 0. The molecule has 1 aromatic carbocycles. The molecular formula is C18H28N4O2. The third kappa shape index (κ3) is 4.74. The highest BCUT2D eigenvalue weighted by atomic mass is 16.5. The second kappa shape index (κ2) is 7.70. The van der Waals surface area contributed by atoms with Crippen molar-refractivity contribution in [3.63, 3.8) is 0 Å². The van der Waals surface area contributed by atoms with E-state index >= 15 is 0 Å². The Labute approximate surface area is 143 Å². The maximum atomic E-state index is 9.07. The predicted octanol–water partition coefficient (Wildman–Crippen LogP) is 1.13. The third-order valence-corrected chi connectivity index (χ3v) is 4.29. The van der Waals surface area contributed by atoms with Gasteiger partial charge in [0.1, 0.15) is 0 Å². The Bertz CT molecular complexity index is 625. The molecule has 2 rings (SSSR count). The van der Waals surface area contributed by atoms with E-state index in [0.29, 0.717) is 19.4 Å². The summed E-state index contributed by atoms with van der Waals surface area (Å²) in [6.07, 6.45) is 3.68. The van der Waals surface area contributed by atoms with Crippen LogP contribution < -0.4 is 21.7 Å². The highest BCUT2D eigenvalue weighted by Crippen LogP contribution is 2.29. The van der Waals surface area contributed by atoms with Gasteiger partial charge in [0, 0.05) is 31.9 Å². The molecule has 0 saturated carbocycles. The van der Waals surface area contributed by atoms with Crippen LogP contribution in [0, 0.1) is 0 Å². The average molecular weight is 332 g/mol. The number of nitrogens with one attached hydrogen (secondary N) is 1. The van der Waals surface area contributed by atoms with Gasteiger partial charge < -0.3 is 31.9 Å². The van der Waals surface area contributed by atoms with Gasteiger partial charge in [-0.3, -0.25) is 0 Å². The van der Waals surface area contributed by atoms with Gasteiger partial charge in [-0.05, 0) is 43.0 Å². The number of nitrogens with zero attached hydrogens (tertiary/aromatic N) is 1. The standard InChI is InChI=1S/C18H28N4O2/c1-22(2)16-6-4-3-5-15(16)21-12-13-11-18(20,9-7-14(13)19)10-8-17(23)24/h3-7,9,17,21,23-24H,8,10-12,19-20H2,1-2H3. The number of hydrogen-bond acceptors (Lipinski definition) is 6. The minimum Gasteiger partial charge on any atom is -0.399 e. The number of allylic oxidation sites excluding steroid dienone is 1. The summed E-state index contributed by atoms with van der Waals surface area (Å²) >= 11 is 0. The minimum atomic E-state index is -1.34. The lowest BCUT2D eigenvalue weighted by atomic mass is 9.82. The Kier molecular flexibility index (Phi) is 5.88. The number of hydrogen-bond donors (Lipinski definition) is 5. The van der Waals surface area contributed by atoms with Crippen molar-refractivity contribution in [2.45, 2.75) is 31.1 Å². The van der Waals surface area contributed by atoms with Crippen molar-refractivity contribution < 1.29 is 10.2 Å². The zero-order valence-electron chi connectivity index (χ0n) is 14.4. The van der Waals surface area contributed by atoms with E-state index in [9.17, 15) is 0 Å². The molecule has 0 heterocycles. The molecule has 7 N–H and O–H groups in total. The normalized spacial score (nSPS) is 20.6. The van der Waals surface area contributed by atoms with Gasteiger partial charge in [0.15, 0.2) is 6.29 Å². The first-order valence-electron chi connectivity index (χ1n) is 8.13. The molecule has 132 valence electrons. The van der Waals surface area contributed by atoms with Crippen molar-refractivity contribution >= 4 is 11.4 Å². The molecule has 1 aliphatic rings. The van der Waals surface area contributed by atoms with Crippen LogP contribution in [0.1, 0.15) is 19.3 Å². The van der Waals surface area contributed by atoms with Gasteiger partial charge in [-0.25, -0.2) is 0 Å². The number of aliphatic hydroxyl groups excluding tert-OH is 1. The summed E-state index contributed by atoms with van der Waals surface area (Å²) in [5, 5.41) is 21.6. The van der Waals surface area contributed by atoms with E-state index in [1.54, 1.807) is 0 Å². The van der Waals surface area contributed by atoms with Gasteiger partial charge in [-0.2, -0.15) is 0 Å². The van der Waals surface area contributed by atoms with Crippen molar-refractivity contribution in [3.8, 4) is 0 Å². The predicted molar refractivity (Wildman–Crippen MR) is 98.6 cm³/mol. The molecule has 6 heteroatoms. The highest BCUT2D eigenvalue weighted by molar-refractivity contribution is 5.69. The molecular weight excluding hydrogens is 304 g/mol. The molecule has 24 heavy (non-hydrogen) atoms. The first-order valence-corrected chi connectivity index (χ1v) is 8.13. The highest BCUT2D eigenvalue weighted by Gasteiger charge is 2.27. The molecule has 0 radical (unpaired) electrons. The SMILES string of the molecule is CN(C)c1ccccc1NCC1=C(N)C=CC(N)(CCC(O)O)C1. The second-order valence-corrected chi connectivity index (χ2v) is 6.59. The fraction of sp³-hybridized carbons (Fsp3) is 0.444. The van der Waals surface area contributed by atoms with Crippen LogP contribution >= 0.6 is 0 Å². The summed E-state index contributed by atoms with van der Waals surface area (Å²) in [5.74, 6) is 0. The number of nitrogens with two attached hydrogens (primary N) is 2. The van der Waals surface area contributed by atoms with Crippen molar-refractivity contribution in [3.05, 3.63) is 47.7 Å². The maximum Gasteiger partial charge on any atom is 0.151 e. The summed E-state index contributed by atoms with van der Waals surface area (Å²) in [4.78, 5) is 2.05. The number of anilines is 2. The zero-order valence-corrected chi connectivity index (χ0v) is 14.4. The molecule has 0 bridgehead atoms. The maximum absolute atomic E-state index is 9.07. The minimum absolute atomic E-state index is 0.241. The molecule has 0 fully saturated rings. The van der Waals surface area contributed by atoms with Crippen LogP contribution in [0.15, 0.2) is 47.7 Å². The molecule has 1 unspecified atom stereocenters. The Balaban J connectivity index is 2.05. The lowest BCUT2D eigenvalue weighted by molar-refractivity contribution is -0.0488. The van der Waals surface area contributed by atoms with Gasteiger partial charge in [0.25, 0.3) is 0 Å². The van der Waals surface area contributed by atoms with E-state index in [1.807, 2.05) is 44.4 Å². The quantitative estimate of drug-likeness (QED) is 0.479. The molecule has 0 aromatic heterocycles. The zero-order chi connectivity index (χ0) is 17.7. The van der Waals surface area contributed by atoms with Gasteiger partial charge in [-0.15, -0.1) is 0 Å². The van der Waals surface area contributed by atoms with Crippen LogP contribution in [0.3, 0.4) is 0 Å². The Hall–Kier alpha value is -2.02. The van der Waals surface area contributed by atoms with E-state index in [-0.39, 0.29) is 6.42 Å². The largest absolute Gasteiger partial charge is 0.399 e. The van der Waals surface area contributed by atoms with Crippen molar-refractivity contribution in [2.24, 2.45) is 11.5 Å². The van der Waals surface area contributed by atoms with Crippen LogP contribution in [-0.4, -0.2) is 42.7 Å². The fourth-order valence-electron chi connectivity index (χ4n) is 2.88. The number of rotatable bonds is 7. The fourth-order valence-corrected chi connectivity index (χ4v) is 2.88. The van der Waals surface area contributed by atoms with E-state index < -0.39 is 11.8 Å². The second-order valence-electron chi connectivity index (χ2n) is 6.59. The van der Waals surface area contributed by atoms with Crippen LogP contribution in [0.4, 0.5) is 11.4 Å². The molecule has 6 nitrogen and oxygen atoms in total. The van der Waals surface area contributed by atoms with Crippen LogP contribution in [-0.2, 0) is 0 Å². The number of aliphatic hydroxyl groups is 2. The summed E-state index contributed by atoms with van der Waals surface area (Å²) in [7, 11) is 4.01. The smallest absolute Gasteiger partial charge is 0.151 e. The number of benzene rings is 1. The van der Waals surface area contributed by atoms with Crippen LogP contribution in [0.2, 0.25) is 0 Å². The van der Waals surface area contributed by atoms with E-state index in [1.165, 1.54) is 0 Å². The van der Waals surface area contributed by atoms with Crippen LogP contribution in [0.25, 0.3) is 0 Å². The molecule has 1 aromatic rings. The molecule has 0 aliphatic heterocycles. The van der Waals surface area contributed by atoms with E-state index in [2.05, 4.69) is 16.3 Å². The van der Waals surface area contributed by atoms with Gasteiger partial charge in [0.2, 0.25) is 0 Å². The summed E-state index contributed by atoms with van der Waals surface area (Å²) in [6.45, 7) is 0.599. The number of para-hydroxylation sites is 2. The summed E-state index contributed by atoms with van der Waals surface area (Å²) in [6, 6.07) is 8.07. The van der Waals surface area contributed by atoms with Crippen molar-refractivity contribution in [1.82, 2.24) is 0 Å². The Morgan fingerprint density at radius 2 is 2.00 bits per heavy atom. The third-order valence-electron chi connectivity index (χ3n) is 4.29. The molecule has 1 aliphatic carbocycles. The molecule has 0 amide bonds. The Morgan fingerprint density at radius 1 is 1.29 bits per heavy atom. The lowest BCUT2D eigenvalue weighted by Gasteiger charge is -2.32. The van der Waals surface area contributed by atoms with Crippen molar-refractivity contribution in [1.29, 1.82) is 0 Å². The van der Waals surface area contributed by atoms with E-state index in [0.717, 1.165) is 22.6 Å². The average Bonchev–Trinajstić information content (AvgIpc) is 2.54. The van der Waals surface area contributed by atoms with Crippen molar-refractivity contribution in [2.75, 3.05) is 30.9 Å². The van der Waals surface area contributed by atoms with Gasteiger partial charge in [0.05, 0.1) is 11.4 Å².